The van der Waals surface area contributed by atoms with Crippen molar-refractivity contribution in [2.24, 2.45) is 0 Å². The van der Waals surface area contributed by atoms with Crippen LogP contribution in [0.25, 0.3) is 66.1 Å². The topological polar surface area (TPSA) is 0 Å². The van der Waals surface area contributed by atoms with Gasteiger partial charge in [0.1, 0.15) is 0 Å². The van der Waals surface area contributed by atoms with Crippen LogP contribution >= 0.6 is 0 Å². The van der Waals surface area contributed by atoms with E-state index in [1.807, 2.05) is 0 Å². The predicted molar refractivity (Wildman–Crippen MR) is 204 cm³/mol. The minimum atomic E-state index is 1.01. The molecule has 8 rings (SSSR count). The van der Waals surface area contributed by atoms with E-state index in [2.05, 4.69) is 152 Å². The van der Waals surface area contributed by atoms with Gasteiger partial charge in [-0.05, 0) is 190 Å². The molecule has 0 amide bonds. The summed E-state index contributed by atoms with van der Waals surface area (Å²) in [5, 5.41) is 5.59. The SMILES string of the molecule is Cc1c(C)c(C)c2c(-c3ccc4c(c3)-c3ccccc3C4)c3c(C)c(C)c(C)c(C)c3c(-c3ccc(-c4ccccc4)cc3)c2c1C. The number of rotatable bonds is 3. The first-order chi connectivity index (χ1) is 22.7. The molecule has 0 fully saturated rings. The molecule has 0 radical (unpaired) electrons. The van der Waals surface area contributed by atoms with E-state index in [0.717, 1.165) is 6.42 Å². The van der Waals surface area contributed by atoms with E-state index in [-0.39, 0.29) is 0 Å². The van der Waals surface area contributed by atoms with E-state index >= 15 is 0 Å². The zero-order valence-corrected chi connectivity index (χ0v) is 28.9. The van der Waals surface area contributed by atoms with Crippen LogP contribution in [0.1, 0.15) is 55.6 Å². The third-order valence-electron chi connectivity index (χ3n) is 11.7. The maximum Gasteiger partial charge on any atom is -0.00134 e. The van der Waals surface area contributed by atoms with Crippen molar-refractivity contribution in [3.63, 3.8) is 0 Å². The molecular formula is C47H42. The zero-order chi connectivity index (χ0) is 32.7. The molecule has 0 spiro atoms. The molecule has 0 heterocycles. The number of hydrogen-bond donors (Lipinski definition) is 0. The fraction of sp³-hybridized carbons (Fsp3) is 0.191. The number of aryl methyl sites for hydroxylation is 4. The van der Waals surface area contributed by atoms with Crippen LogP contribution in [-0.2, 0) is 6.42 Å². The molecule has 0 atom stereocenters. The summed E-state index contributed by atoms with van der Waals surface area (Å²) >= 11 is 0. The largest absolute Gasteiger partial charge is 0.0622 e. The Morgan fingerprint density at radius 2 is 0.723 bits per heavy atom. The maximum atomic E-state index is 2.50. The smallest absolute Gasteiger partial charge is 0.00134 e. The van der Waals surface area contributed by atoms with Gasteiger partial charge < -0.3 is 0 Å². The second-order valence-corrected chi connectivity index (χ2v) is 13.9. The van der Waals surface area contributed by atoms with E-state index < -0.39 is 0 Å². The Morgan fingerprint density at radius 3 is 1.28 bits per heavy atom. The summed E-state index contributed by atoms with van der Waals surface area (Å²) < 4.78 is 0. The third kappa shape index (κ3) is 4.27. The van der Waals surface area contributed by atoms with Gasteiger partial charge in [0.2, 0.25) is 0 Å². The Morgan fingerprint density at radius 1 is 0.319 bits per heavy atom. The number of fused-ring (bicyclic) bond motifs is 5. The maximum absolute atomic E-state index is 2.50. The second-order valence-electron chi connectivity index (χ2n) is 13.9. The van der Waals surface area contributed by atoms with Crippen molar-refractivity contribution in [1.29, 1.82) is 0 Å². The van der Waals surface area contributed by atoms with Crippen LogP contribution in [0.2, 0.25) is 0 Å². The highest BCUT2D eigenvalue weighted by atomic mass is 14.3. The lowest BCUT2D eigenvalue weighted by Gasteiger charge is -2.27. The molecule has 0 heteroatoms. The van der Waals surface area contributed by atoms with Gasteiger partial charge in [-0.3, -0.25) is 0 Å². The molecule has 0 unspecified atom stereocenters. The summed E-state index contributed by atoms with van der Waals surface area (Å²) in [5.41, 5.74) is 24.6. The van der Waals surface area contributed by atoms with Crippen molar-refractivity contribution in [3.8, 4) is 44.5 Å². The zero-order valence-electron chi connectivity index (χ0n) is 28.9. The van der Waals surface area contributed by atoms with Crippen molar-refractivity contribution < 1.29 is 0 Å². The summed E-state index contributed by atoms with van der Waals surface area (Å²) in [5.74, 6) is 0. The summed E-state index contributed by atoms with van der Waals surface area (Å²) in [6.07, 6.45) is 1.01. The van der Waals surface area contributed by atoms with Crippen molar-refractivity contribution in [1.82, 2.24) is 0 Å². The van der Waals surface area contributed by atoms with E-state index in [4.69, 9.17) is 0 Å². The molecule has 0 saturated heterocycles. The monoisotopic (exact) mass is 606 g/mol. The predicted octanol–water partition coefficient (Wildman–Crippen LogP) is 13.0. The normalized spacial score (nSPS) is 12.2. The first-order valence-electron chi connectivity index (χ1n) is 17.0. The van der Waals surface area contributed by atoms with Crippen LogP contribution < -0.4 is 0 Å². The molecule has 0 nitrogen and oxygen atoms in total. The van der Waals surface area contributed by atoms with Crippen LogP contribution in [0.4, 0.5) is 0 Å². The summed E-state index contributed by atoms with van der Waals surface area (Å²) in [4.78, 5) is 0. The lowest BCUT2D eigenvalue weighted by atomic mass is 9.76. The van der Waals surface area contributed by atoms with Crippen molar-refractivity contribution in [2.75, 3.05) is 0 Å². The summed E-state index contributed by atoms with van der Waals surface area (Å²) in [6, 6.07) is 36.3. The molecule has 7 aromatic carbocycles. The van der Waals surface area contributed by atoms with Gasteiger partial charge in [0.15, 0.2) is 0 Å². The first kappa shape index (κ1) is 29.5. The highest BCUT2D eigenvalue weighted by Crippen LogP contribution is 2.51. The van der Waals surface area contributed by atoms with Crippen LogP contribution in [0.5, 0.6) is 0 Å². The molecule has 47 heavy (non-hydrogen) atoms. The Kier molecular flexibility index (Phi) is 6.78. The van der Waals surface area contributed by atoms with Crippen LogP contribution in [0.3, 0.4) is 0 Å². The fourth-order valence-electron chi connectivity index (χ4n) is 8.44. The molecule has 0 bridgehead atoms. The Hall–Kier alpha value is -4.94. The van der Waals surface area contributed by atoms with Crippen LogP contribution in [-0.4, -0.2) is 0 Å². The van der Waals surface area contributed by atoms with Crippen LogP contribution in [0, 0.1) is 55.4 Å². The third-order valence-corrected chi connectivity index (χ3v) is 11.7. The van der Waals surface area contributed by atoms with Gasteiger partial charge in [-0.1, -0.05) is 91.0 Å². The highest BCUT2D eigenvalue weighted by Gasteiger charge is 2.27. The van der Waals surface area contributed by atoms with E-state index in [1.54, 1.807) is 0 Å². The number of benzene rings is 7. The van der Waals surface area contributed by atoms with Gasteiger partial charge in [0.05, 0.1) is 0 Å². The van der Waals surface area contributed by atoms with Gasteiger partial charge in [-0.2, -0.15) is 0 Å². The Bertz CT molecular complexity index is 2340. The standard InChI is InChI=1S/C47H42/c1-26-28(3)32(7)44-42(30(26)5)46(36-20-18-35(19-21-36)34-14-10-9-11-15-34)43-31(6)27(2)29(4)33(8)45(43)47(44)39-23-22-38-24-37-16-12-13-17-40(37)41(38)25-39/h9-23,25H,24H2,1-8H3. The highest BCUT2D eigenvalue weighted by molar-refractivity contribution is 6.25. The summed E-state index contributed by atoms with van der Waals surface area (Å²) in [7, 11) is 0. The summed E-state index contributed by atoms with van der Waals surface area (Å²) in [6.45, 7) is 18.7. The molecule has 7 aromatic rings. The van der Waals surface area contributed by atoms with Gasteiger partial charge >= 0.3 is 0 Å². The average Bonchev–Trinajstić information content (AvgIpc) is 3.48. The second kappa shape index (κ2) is 10.8. The first-order valence-corrected chi connectivity index (χ1v) is 17.0. The van der Waals surface area contributed by atoms with Gasteiger partial charge in [-0.15, -0.1) is 0 Å². The Balaban J connectivity index is 1.55. The van der Waals surface area contributed by atoms with E-state index in [1.165, 1.54) is 122 Å². The van der Waals surface area contributed by atoms with Crippen molar-refractivity contribution in [2.45, 2.75) is 61.8 Å². The molecule has 1 aliphatic rings. The van der Waals surface area contributed by atoms with Gasteiger partial charge in [0, 0.05) is 0 Å². The van der Waals surface area contributed by atoms with Gasteiger partial charge in [-0.25, -0.2) is 0 Å². The molecule has 0 N–H and O–H groups in total. The number of hydrogen-bond acceptors (Lipinski definition) is 0. The molecule has 0 aromatic heterocycles. The van der Waals surface area contributed by atoms with Crippen LogP contribution in [0.15, 0.2) is 97.1 Å². The molecule has 230 valence electrons. The molecule has 1 aliphatic carbocycles. The molecule has 0 aliphatic heterocycles. The fourth-order valence-corrected chi connectivity index (χ4v) is 8.44. The average molecular weight is 607 g/mol. The Labute approximate surface area is 279 Å². The lowest BCUT2D eigenvalue weighted by molar-refractivity contribution is 1.24. The quantitative estimate of drug-likeness (QED) is 0.176. The minimum absolute atomic E-state index is 1.01. The molecule has 0 saturated carbocycles. The van der Waals surface area contributed by atoms with Crippen molar-refractivity contribution in [3.05, 3.63) is 153 Å². The van der Waals surface area contributed by atoms with Gasteiger partial charge in [0.25, 0.3) is 0 Å². The lowest BCUT2D eigenvalue weighted by Crippen LogP contribution is -2.03. The van der Waals surface area contributed by atoms with E-state index in [9.17, 15) is 0 Å². The minimum Gasteiger partial charge on any atom is -0.0622 e. The van der Waals surface area contributed by atoms with Crippen molar-refractivity contribution >= 4 is 21.5 Å². The van der Waals surface area contributed by atoms with E-state index in [0.29, 0.717) is 0 Å². The molecular weight excluding hydrogens is 565 g/mol.